The fraction of sp³-hybridized carbons (Fsp3) is 0.200. The van der Waals surface area contributed by atoms with Gasteiger partial charge in [-0.25, -0.2) is 0 Å². The summed E-state index contributed by atoms with van der Waals surface area (Å²) in [5, 5.41) is 6.58. The van der Waals surface area contributed by atoms with Crippen molar-refractivity contribution in [3.63, 3.8) is 0 Å². The van der Waals surface area contributed by atoms with Crippen LogP contribution in [-0.4, -0.2) is 17.4 Å². The molecule has 0 saturated heterocycles. The predicted octanol–water partition coefficient (Wildman–Crippen LogP) is 5.17. The minimum absolute atomic E-state index is 0.252. The van der Waals surface area contributed by atoms with Crippen LogP contribution in [0.1, 0.15) is 36.7 Å². The molecule has 4 nitrogen and oxygen atoms in total. The van der Waals surface area contributed by atoms with Crippen LogP contribution >= 0.6 is 23.2 Å². The fourth-order valence-electron chi connectivity index (χ4n) is 2.17. The molecule has 0 saturated carbocycles. The van der Waals surface area contributed by atoms with Gasteiger partial charge in [0.1, 0.15) is 0 Å². The third-order valence-corrected chi connectivity index (χ3v) is 3.86. The van der Waals surface area contributed by atoms with E-state index in [4.69, 9.17) is 23.2 Å². The first kappa shape index (κ1) is 20.0. The van der Waals surface area contributed by atoms with Crippen molar-refractivity contribution in [1.82, 2.24) is 5.32 Å². The zero-order chi connectivity index (χ0) is 19.3. The minimum atomic E-state index is -0.376. The largest absolute Gasteiger partial charge is 0.347 e. The minimum Gasteiger partial charge on any atom is -0.347 e. The summed E-state index contributed by atoms with van der Waals surface area (Å²) < 4.78 is 0. The topological polar surface area (TPSA) is 58.2 Å². The Hall–Kier alpha value is -2.30. The van der Waals surface area contributed by atoms with Gasteiger partial charge in [0.15, 0.2) is 0 Å². The van der Waals surface area contributed by atoms with Crippen LogP contribution < -0.4 is 10.6 Å². The zero-order valence-electron chi connectivity index (χ0n) is 14.8. The molecule has 2 N–H and O–H groups in total. The number of carbonyl (C=O) groups is 2. The van der Waals surface area contributed by atoms with E-state index in [1.807, 2.05) is 20.8 Å². The van der Waals surface area contributed by atoms with Gasteiger partial charge >= 0.3 is 0 Å². The average Bonchev–Trinajstić information content (AvgIpc) is 2.53. The van der Waals surface area contributed by atoms with Crippen molar-refractivity contribution in [3.05, 3.63) is 69.7 Å². The van der Waals surface area contributed by atoms with Crippen LogP contribution in [0.3, 0.4) is 0 Å². The van der Waals surface area contributed by atoms with E-state index in [-0.39, 0.29) is 17.4 Å². The van der Waals surface area contributed by atoms with Crippen molar-refractivity contribution in [2.24, 2.45) is 0 Å². The molecule has 0 aromatic heterocycles. The van der Waals surface area contributed by atoms with Crippen molar-refractivity contribution in [3.8, 4) is 0 Å². The van der Waals surface area contributed by atoms with Crippen LogP contribution in [-0.2, 0) is 4.79 Å². The fourth-order valence-corrected chi connectivity index (χ4v) is 2.65. The number of hydrogen-bond acceptors (Lipinski definition) is 2. The Bertz CT molecular complexity index is 855. The van der Waals surface area contributed by atoms with Gasteiger partial charge in [0.25, 0.3) is 5.91 Å². The lowest BCUT2D eigenvalue weighted by Gasteiger charge is -2.21. The van der Waals surface area contributed by atoms with Gasteiger partial charge < -0.3 is 10.6 Å². The summed E-state index contributed by atoms with van der Waals surface area (Å²) in [4.78, 5) is 24.6. The molecule has 0 fully saturated rings. The first-order valence-corrected chi connectivity index (χ1v) is 8.77. The summed E-state index contributed by atoms with van der Waals surface area (Å²) in [5.74, 6) is -0.620. The van der Waals surface area contributed by atoms with E-state index in [0.717, 1.165) is 0 Å². The molecule has 0 heterocycles. The van der Waals surface area contributed by atoms with Gasteiger partial charge in [-0.15, -0.1) is 0 Å². The van der Waals surface area contributed by atoms with Crippen molar-refractivity contribution < 1.29 is 9.59 Å². The van der Waals surface area contributed by atoms with Gasteiger partial charge in [-0.1, -0.05) is 41.4 Å². The number of para-hydroxylation sites is 1. The Morgan fingerprint density at radius 1 is 1.04 bits per heavy atom. The second kappa shape index (κ2) is 8.39. The Balaban J connectivity index is 2.14. The summed E-state index contributed by atoms with van der Waals surface area (Å²) in [6, 6.07) is 11.9. The van der Waals surface area contributed by atoms with Gasteiger partial charge in [0.05, 0.1) is 11.3 Å². The van der Waals surface area contributed by atoms with Gasteiger partial charge in [0.2, 0.25) is 5.91 Å². The van der Waals surface area contributed by atoms with Crippen LogP contribution in [0, 0.1) is 0 Å². The molecule has 26 heavy (non-hydrogen) atoms. The number of anilines is 1. The van der Waals surface area contributed by atoms with Gasteiger partial charge in [-0.05, 0) is 56.7 Å². The number of hydrogen-bond donors (Lipinski definition) is 2. The van der Waals surface area contributed by atoms with Gasteiger partial charge in [-0.2, -0.15) is 0 Å². The number of rotatable bonds is 4. The molecule has 0 aliphatic rings. The second-order valence-electron chi connectivity index (χ2n) is 6.74. The van der Waals surface area contributed by atoms with E-state index < -0.39 is 0 Å². The lowest BCUT2D eigenvalue weighted by molar-refractivity contribution is -0.111. The standard InChI is InChI=1S/C20H20Cl2N2O2/c1-20(2,3)24-19(26)15-6-4-5-7-17(15)23-18(25)11-9-13-8-10-14(21)12-16(13)22/h4-12H,1-3H3,(H,23,25)(H,24,26)/b11-9+. The maximum Gasteiger partial charge on any atom is 0.253 e. The molecule has 2 aromatic rings. The average molecular weight is 391 g/mol. The van der Waals surface area contributed by atoms with Crippen LogP contribution in [0.4, 0.5) is 5.69 Å². The summed E-state index contributed by atoms with van der Waals surface area (Å²) in [6.45, 7) is 5.68. The van der Waals surface area contributed by atoms with E-state index >= 15 is 0 Å². The van der Waals surface area contributed by atoms with Crippen molar-refractivity contribution in [2.45, 2.75) is 26.3 Å². The normalized spacial score (nSPS) is 11.4. The molecule has 0 unspecified atom stereocenters. The molecule has 136 valence electrons. The molecule has 6 heteroatoms. The van der Waals surface area contributed by atoms with Crippen molar-refractivity contribution >= 4 is 46.8 Å². The maximum absolute atomic E-state index is 12.4. The first-order chi connectivity index (χ1) is 12.2. The maximum atomic E-state index is 12.4. The third-order valence-electron chi connectivity index (χ3n) is 3.29. The Morgan fingerprint density at radius 3 is 2.38 bits per heavy atom. The smallest absolute Gasteiger partial charge is 0.253 e. The number of nitrogens with one attached hydrogen (secondary N) is 2. The van der Waals surface area contributed by atoms with Crippen molar-refractivity contribution in [1.29, 1.82) is 0 Å². The summed E-state index contributed by atoms with van der Waals surface area (Å²) in [6.07, 6.45) is 2.94. The van der Waals surface area contributed by atoms with E-state index in [0.29, 0.717) is 26.9 Å². The zero-order valence-corrected chi connectivity index (χ0v) is 16.3. The van der Waals surface area contributed by atoms with E-state index in [1.54, 1.807) is 48.5 Å². The molecular formula is C20H20Cl2N2O2. The molecule has 0 radical (unpaired) electrons. The Kier molecular flexibility index (Phi) is 6.46. The first-order valence-electron chi connectivity index (χ1n) is 8.01. The lowest BCUT2D eigenvalue weighted by atomic mass is 10.1. The SMILES string of the molecule is CC(C)(C)NC(=O)c1ccccc1NC(=O)/C=C/c1ccc(Cl)cc1Cl. The monoisotopic (exact) mass is 390 g/mol. The molecule has 0 aliphatic carbocycles. The van der Waals surface area contributed by atoms with Crippen LogP contribution in [0.2, 0.25) is 10.0 Å². The number of amides is 2. The van der Waals surface area contributed by atoms with E-state index in [9.17, 15) is 9.59 Å². The second-order valence-corrected chi connectivity index (χ2v) is 7.58. The number of halogens is 2. The van der Waals surface area contributed by atoms with Crippen molar-refractivity contribution in [2.75, 3.05) is 5.32 Å². The van der Waals surface area contributed by atoms with Gasteiger partial charge in [0, 0.05) is 21.7 Å². The number of carbonyl (C=O) groups excluding carboxylic acids is 2. The Labute approximate surface area is 163 Å². The highest BCUT2D eigenvalue weighted by Gasteiger charge is 2.18. The van der Waals surface area contributed by atoms with Crippen LogP contribution in [0.15, 0.2) is 48.5 Å². The molecule has 0 atom stereocenters. The quantitative estimate of drug-likeness (QED) is 0.707. The highest BCUT2D eigenvalue weighted by molar-refractivity contribution is 6.35. The molecule has 0 spiro atoms. The lowest BCUT2D eigenvalue weighted by Crippen LogP contribution is -2.40. The molecule has 0 bridgehead atoms. The summed E-state index contributed by atoms with van der Waals surface area (Å²) in [5.41, 5.74) is 1.13. The predicted molar refractivity (Wildman–Crippen MR) is 108 cm³/mol. The third kappa shape index (κ3) is 5.90. The van der Waals surface area contributed by atoms with E-state index in [2.05, 4.69) is 10.6 Å². The Morgan fingerprint density at radius 2 is 1.73 bits per heavy atom. The highest BCUT2D eigenvalue weighted by atomic mass is 35.5. The number of benzene rings is 2. The van der Waals surface area contributed by atoms with Gasteiger partial charge in [-0.3, -0.25) is 9.59 Å². The highest BCUT2D eigenvalue weighted by Crippen LogP contribution is 2.22. The molecule has 0 aliphatic heterocycles. The molecular weight excluding hydrogens is 371 g/mol. The van der Waals surface area contributed by atoms with Crippen LogP contribution in [0.25, 0.3) is 6.08 Å². The molecule has 2 amide bonds. The summed E-state index contributed by atoms with van der Waals surface area (Å²) in [7, 11) is 0. The molecule has 2 aromatic carbocycles. The molecule has 2 rings (SSSR count). The van der Waals surface area contributed by atoms with Crippen LogP contribution in [0.5, 0.6) is 0 Å². The summed E-state index contributed by atoms with van der Waals surface area (Å²) >= 11 is 11.9. The van der Waals surface area contributed by atoms with E-state index in [1.165, 1.54) is 6.08 Å².